The van der Waals surface area contributed by atoms with E-state index >= 15 is 0 Å². The number of benzene rings is 3. The third-order valence-electron chi connectivity index (χ3n) is 4.80. The van der Waals surface area contributed by atoms with Crippen molar-refractivity contribution in [2.45, 2.75) is 4.90 Å². The normalized spacial score (nSPS) is 13.3. The maximum atomic E-state index is 14.6. The Morgan fingerprint density at radius 2 is 1.61 bits per heavy atom. The van der Waals surface area contributed by atoms with Gasteiger partial charge in [0.25, 0.3) is 10.0 Å². The van der Waals surface area contributed by atoms with E-state index in [1.807, 2.05) is 0 Å². The molecule has 0 radical (unpaired) electrons. The Hall–Kier alpha value is -3.72. The number of rotatable bonds is 5. The molecule has 0 spiro atoms. The van der Waals surface area contributed by atoms with E-state index in [4.69, 9.17) is 0 Å². The maximum absolute atomic E-state index is 14.6. The van der Waals surface area contributed by atoms with Crippen LogP contribution < -0.4 is 14.5 Å². The number of hydrogen-bond acceptors (Lipinski definition) is 4. The highest BCUT2D eigenvalue weighted by molar-refractivity contribution is 7.92. The van der Waals surface area contributed by atoms with E-state index in [1.165, 1.54) is 35.2 Å². The van der Waals surface area contributed by atoms with Gasteiger partial charge in [0.2, 0.25) is 11.8 Å². The molecule has 158 valence electrons. The van der Waals surface area contributed by atoms with Gasteiger partial charge in [-0.3, -0.25) is 18.8 Å². The van der Waals surface area contributed by atoms with Crippen LogP contribution >= 0.6 is 0 Å². The standard InChI is InChI=1S/C22H18FN3O4S/c23-17-10-4-6-12-19(17)26(31(29,30)16-8-2-1-3-9-16)15-22(28)25-14-21(27)24-18-11-5-7-13-20(18)25/h1-13H,14-15H2,(H,24,27). The highest BCUT2D eigenvalue weighted by atomic mass is 32.2. The lowest BCUT2D eigenvalue weighted by molar-refractivity contribution is -0.121. The van der Waals surface area contributed by atoms with E-state index in [0.29, 0.717) is 11.4 Å². The smallest absolute Gasteiger partial charge is 0.264 e. The number of nitrogens with one attached hydrogen (secondary N) is 1. The van der Waals surface area contributed by atoms with Gasteiger partial charge >= 0.3 is 0 Å². The van der Waals surface area contributed by atoms with Crippen molar-refractivity contribution in [3.63, 3.8) is 0 Å². The minimum Gasteiger partial charge on any atom is -0.323 e. The van der Waals surface area contributed by atoms with Gasteiger partial charge in [-0.1, -0.05) is 42.5 Å². The van der Waals surface area contributed by atoms with Crippen LogP contribution in [0.1, 0.15) is 0 Å². The lowest BCUT2D eigenvalue weighted by Gasteiger charge is -2.32. The molecule has 0 saturated carbocycles. The Morgan fingerprint density at radius 1 is 0.968 bits per heavy atom. The van der Waals surface area contributed by atoms with Crippen LogP contribution in [0, 0.1) is 5.82 Å². The number of amides is 2. The Bertz CT molecular complexity index is 1250. The Morgan fingerprint density at radius 3 is 2.35 bits per heavy atom. The number of carbonyl (C=O) groups is 2. The second kappa shape index (κ2) is 8.19. The van der Waals surface area contributed by atoms with E-state index in [2.05, 4.69) is 5.32 Å². The highest BCUT2D eigenvalue weighted by Crippen LogP contribution is 2.31. The zero-order chi connectivity index (χ0) is 22.0. The summed E-state index contributed by atoms with van der Waals surface area (Å²) in [5.41, 5.74) is 0.627. The molecule has 0 fully saturated rings. The quantitative estimate of drug-likeness (QED) is 0.662. The number of sulfonamides is 1. The van der Waals surface area contributed by atoms with Gasteiger partial charge in [-0.15, -0.1) is 0 Å². The van der Waals surface area contributed by atoms with Gasteiger partial charge in [0, 0.05) is 0 Å². The molecule has 4 rings (SSSR count). The Balaban J connectivity index is 1.75. The molecule has 9 heteroatoms. The van der Waals surface area contributed by atoms with Crippen molar-refractivity contribution in [3.05, 3.63) is 84.7 Å². The first kappa shape index (κ1) is 20.5. The van der Waals surface area contributed by atoms with Gasteiger partial charge < -0.3 is 5.32 Å². The van der Waals surface area contributed by atoms with Crippen LogP contribution in [0.4, 0.5) is 21.5 Å². The van der Waals surface area contributed by atoms with Gasteiger partial charge in [-0.2, -0.15) is 0 Å². The Kier molecular flexibility index (Phi) is 5.43. The van der Waals surface area contributed by atoms with Gasteiger partial charge in [-0.05, 0) is 36.4 Å². The van der Waals surface area contributed by atoms with E-state index in [9.17, 15) is 22.4 Å². The molecule has 7 nitrogen and oxygen atoms in total. The molecule has 3 aromatic carbocycles. The summed E-state index contributed by atoms with van der Waals surface area (Å²) >= 11 is 0. The maximum Gasteiger partial charge on any atom is 0.264 e. The average Bonchev–Trinajstić information content (AvgIpc) is 2.78. The van der Waals surface area contributed by atoms with Crippen LogP contribution in [0.15, 0.2) is 83.8 Å². The fourth-order valence-corrected chi connectivity index (χ4v) is 4.78. The van der Waals surface area contributed by atoms with Crippen molar-refractivity contribution in [1.29, 1.82) is 0 Å². The fourth-order valence-electron chi connectivity index (χ4n) is 3.34. The molecule has 0 saturated heterocycles. The summed E-state index contributed by atoms with van der Waals surface area (Å²) in [6.07, 6.45) is 0. The summed E-state index contributed by atoms with van der Waals surface area (Å²) < 4.78 is 42.0. The third kappa shape index (κ3) is 3.99. The lowest BCUT2D eigenvalue weighted by atomic mass is 10.2. The predicted molar refractivity (Wildman–Crippen MR) is 115 cm³/mol. The molecule has 3 aromatic rings. The van der Waals surface area contributed by atoms with Crippen LogP contribution in [0.2, 0.25) is 0 Å². The molecule has 1 aliphatic rings. The van der Waals surface area contributed by atoms with E-state index in [1.54, 1.807) is 42.5 Å². The molecule has 0 aromatic heterocycles. The number of nitrogens with zero attached hydrogens (tertiary/aromatic N) is 2. The van der Waals surface area contributed by atoms with E-state index < -0.39 is 34.2 Å². The Labute approximate surface area is 178 Å². The van der Waals surface area contributed by atoms with Crippen molar-refractivity contribution >= 4 is 38.9 Å². The van der Waals surface area contributed by atoms with Crippen molar-refractivity contribution < 1.29 is 22.4 Å². The number of carbonyl (C=O) groups excluding carboxylic acids is 2. The van der Waals surface area contributed by atoms with Crippen molar-refractivity contribution in [1.82, 2.24) is 0 Å². The minimum absolute atomic E-state index is 0.0807. The summed E-state index contributed by atoms with van der Waals surface area (Å²) in [7, 11) is -4.26. The van der Waals surface area contributed by atoms with Crippen molar-refractivity contribution in [3.8, 4) is 0 Å². The molecule has 1 aliphatic heterocycles. The minimum atomic E-state index is -4.26. The lowest BCUT2D eigenvalue weighted by Crippen LogP contribution is -2.48. The molecular weight excluding hydrogens is 421 g/mol. The number of para-hydroxylation sites is 3. The summed E-state index contributed by atoms with van der Waals surface area (Å²) in [6, 6.07) is 19.5. The van der Waals surface area contributed by atoms with E-state index in [0.717, 1.165) is 10.4 Å². The summed E-state index contributed by atoms with van der Waals surface area (Å²) in [4.78, 5) is 26.4. The van der Waals surface area contributed by atoms with Crippen LogP contribution in [0.5, 0.6) is 0 Å². The highest BCUT2D eigenvalue weighted by Gasteiger charge is 2.33. The van der Waals surface area contributed by atoms with Crippen LogP contribution in [-0.2, 0) is 19.6 Å². The van der Waals surface area contributed by atoms with Crippen molar-refractivity contribution in [2.24, 2.45) is 0 Å². The van der Waals surface area contributed by atoms with Gasteiger partial charge in [-0.25, -0.2) is 12.8 Å². The topological polar surface area (TPSA) is 86.8 Å². The molecule has 0 unspecified atom stereocenters. The second-order valence-corrected chi connectivity index (χ2v) is 8.68. The average molecular weight is 439 g/mol. The number of hydrogen-bond donors (Lipinski definition) is 1. The molecule has 1 heterocycles. The number of fused-ring (bicyclic) bond motifs is 1. The molecule has 0 bridgehead atoms. The third-order valence-corrected chi connectivity index (χ3v) is 6.58. The summed E-state index contributed by atoms with van der Waals surface area (Å²) in [6.45, 7) is -0.952. The number of halogens is 1. The fraction of sp³-hybridized carbons (Fsp3) is 0.0909. The van der Waals surface area contributed by atoms with Crippen molar-refractivity contribution in [2.75, 3.05) is 27.6 Å². The molecule has 31 heavy (non-hydrogen) atoms. The zero-order valence-corrected chi connectivity index (χ0v) is 17.0. The van der Waals surface area contributed by atoms with E-state index in [-0.39, 0.29) is 17.1 Å². The molecular formula is C22H18FN3O4S. The van der Waals surface area contributed by atoms with Crippen LogP contribution in [0.3, 0.4) is 0 Å². The first-order valence-corrected chi connectivity index (χ1v) is 10.8. The van der Waals surface area contributed by atoms with Crippen LogP contribution in [-0.4, -0.2) is 33.3 Å². The molecule has 1 N–H and O–H groups in total. The molecule has 0 atom stereocenters. The van der Waals surface area contributed by atoms with Gasteiger partial charge in [0.05, 0.1) is 22.0 Å². The number of anilines is 3. The monoisotopic (exact) mass is 439 g/mol. The molecule has 0 aliphatic carbocycles. The first-order valence-electron chi connectivity index (χ1n) is 9.39. The summed E-state index contributed by atoms with van der Waals surface area (Å²) in [5.74, 6) is -1.85. The second-order valence-electron chi connectivity index (χ2n) is 6.82. The van der Waals surface area contributed by atoms with Crippen LogP contribution in [0.25, 0.3) is 0 Å². The predicted octanol–water partition coefficient (Wildman–Crippen LogP) is 3.01. The SMILES string of the molecule is O=C1CN(C(=O)CN(c2ccccc2F)S(=O)(=O)c2ccccc2)c2ccccc2N1. The largest absolute Gasteiger partial charge is 0.323 e. The summed E-state index contributed by atoms with van der Waals surface area (Å²) in [5, 5.41) is 2.67. The van der Waals surface area contributed by atoms with Gasteiger partial charge in [0.1, 0.15) is 18.9 Å². The van der Waals surface area contributed by atoms with Gasteiger partial charge in [0.15, 0.2) is 0 Å². The molecule has 2 amide bonds. The zero-order valence-electron chi connectivity index (χ0n) is 16.2. The first-order chi connectivity index (χ1) is 14.9.